The molecule has 1 saturated heterocycles. The Morgan fingerprint density at radius 2 is 2.30 bits per heavy atom. The molecule has 1 fully saturated rings. The minimum Gasteiger partial charge on any atom is -0.387 e. The molecule has 1 aliphatic rings. The van der Waals surface area contributed by atoms with E-state index in [-0.39, 0.29) is 24.0 Å². The number of guanidine groups is 1. The van der Waals surface area contributed by atoms with Gasteiger partial charge in [-0.25, -0.2) is 4.99 Å². The molecule has 1 atom stereocenters. The van der Waals surface area contributed by atoms with E-state index in [4.69, 9.17) is 4.52 Å². The molecule has 2 heterocycles. The van der Waals surface area contributed by atoms with Crippen LogP contribution in [0.1, 0.15) is 44.6 Å². The third-order valence-electron chi connectivity index (χ3n) is 3.57. The number of aliphatic hydroxyl groups is 1. The van der Waals surface area contributed by atoms with E-state index in [2.05, 4.69) is 34.6 Å². The first kappa shape index (κ1) is 20.6. The number of aromatic nitrogens is 1. The highest BCUT2D eigenvalue weighted by atomic mass is 127. The first-order valence-corrected chi connectivity index (χ1v) is 8.95. The van der Waals surface area contributed by atoms with Gasteiger partial charge in [-0.05, 0) is 25.0 Å². The quantitative estimate of drug-likeness (QED) is 0.348. The summed E-state index contributed by atoms with van der Waals surface area (Å²) in [6.07, 6.45) is 0.823. The molecule has 0 amide bonds. The molecule has 0 bridgehead atoms. The number of nitrogens with zero attached hydrogens (tertiary/aromatic N) is 2. The number of rotatable bonds is 6. The molecule has 23 heavy (non-hydrogen) atoms. The summed E-state index contributed by atoms with van der Waals surface area (Å²) >= 11 is 1.79. The van der Waals surface area contributed by atoms with Gasteiger partial charge in [0.2, 0.25) is 0 Å². The number of thioether (sulfide) groups is 1. The van der Waals surface area contributed by atoms with E-state index in [9.17, 15) is 5.11 Å². The monoisotopic (exact) mass is 454 g/mol. The Balaban J connectivity index is 0.00000264. The number of hydrogen-bond donors (Lipinski definition) is 3. The third kappa shape index (κ3) is 6.50. The lowest BCUT2D eigenvalue weighted by Crippen LogP contribution is -2.47. The third-order valence-corrected chi connectivity index (χ3v) is 4.81. The lowest BCUT2D eigenvalue weighted by Gasteiger charge is -2.23. The van der Waals surface area contributed by atoms with E-state index < -0.39 is 5.60 Å². The van der Waals surface area contributed by atoms with Gasteiger partial charge in [0.1, 0.15) is 6.54 Å². The van der Waals surface area contributed by atoms with Gasteiger partial charge in [0.15, 0.2) is 11.7 Å². The zero-order chi connectivity index (χ0) is 16.0. The Morgan fingerprint density at radius 1 is 1.52 bits per heavy atom. The molecule has 6 nitrogen and oxygen atoms in total. The van der Waals surface area contributed by atoms with Crippen molar-refractivity contribution in [2.45, 2.75) is 45.3 Å². The fourth-order valence-corrected chi connectivity index (χ4v) is 3.45. The van der Waals surface area contributed by atoms with E-state index in [0.717, 1.165) is 35.9 Å². The van der Waals surface area contributed by atoms with Gasteiger partial charge in [0.05, 0.1) is 11.3 Å². The molecule has 1 aliphatic heterocycles. The van der Waals surface area contributed by atoms with Gasteiger partial charge in [-0.2, -0.15) is 11.8 Å². The number of halogens is 1. The van der Waals surface area contributed by atoms with Crippen molar-refractivity contribution in [3.63, 3.8) is 0 Å². The summed E-state index contributed by atoms with van der Waals surface area (Å²) in [5.41, 5.74) is 0.318. The Morgan fingerprint density at radius 3 is 2.87 bits per heavy atom. The molecule has 0 spiro atoms. The lowest BCUT2D eigenvalue weighted by molar-refractivity contribution is 0.0724. The van der Waals surface area contributed by atoms with Crippen LogP contribution in [0.15, 0.2) is 15.6 Å². The molecular weight excluding hydrogens is 427 g/mol. The van der Waals surface area contributed by atoms with E-state index >= 15 is 0 Å². The van der Waals surface area contributed by atoms with E-state index in [0.29, 0.717) is 25.0 Å². The maximum Gasteiger partial charge on any atom is 0.191 e. The summed E-state index contributed by atoms with van der Waals surface area (Å²) in [4.78, 5) is 4.49. The van der Waals surface area contributed by atoms with E-state index in [1.165, 1.54) is 0 Å². The summed E-state index contributed by atoms with van der Waals surface area (Å²) in [6.45, 7) is 7.89. The molecule has 2 rings (SSSR count). The van der Waals surface area contributed by atoms with Gasteiger partial charge in [0, 0.05) is 24.9 Å². The van der Waals surface area contributed by atoms with Crippen molar-refractivity contribution in [3.8, 4) is 0 Å². The van der Waals surface area contributed by atoms with Gasteiger partial charge < -0.3 is 20.3 Å². The summed E-state index contributed by atoms with van der Waals surface area (Å²) in [5.74, 6) is 3.58. The highest BCUT2D eigenvalue weighted by Gasteiger charge is 2.31. The molecule has 1 aromatic rings. The van der Waals surface area contributed by atoms with Crippen LogP contribution in [0.25, 0.3) is 0 Å². The SMILES string of the molecule is CCNC(=NCc1cc(C(C)C)no1)NCC1(O)CCSC1.I. The second kappa shape index (κ2) is 9.73. The van der Waals surface area contributed by atoms with Gasteiger partial charge in [-0.15, -0.1) is 24.0 Å². The highest BCUT2D eigenvalue weighted by molar-refractivity contribution is 14.0. The van der Waals surface area contributed by atoms with Crippen LogP contribution in [0, 0.1) is 0 Å². The van der Waals surface area contributed by atoms with Crippen LogP contribution in [0.5, 0.6) is 0 Å². The second-order valence-corrected chi connectivity index (χ2v) is 7.05. The largest absolute Gasteiger partial charge is 0.387 e. The normalized spacial score (nSPS) is 21.3. The minimum atomic E-state index is -0.627. The summed E-state index contributed by atoms with van der Waals surface area (Å²) in [7, 11) is 0. The molecule has 3 N–H and O–H groups in total. The first-order chi connectivity index (χ1) is 10.5. The maximum absolute atomic E-state index is 10.4. The summed E-state index contributed by atoms with van der Waals surface area (Å²) < 4.78 is 5.29. The molecule has 0 aliphatic carbocycles. The van der Waals surface area contributed by atoms with Crippen LogP contribution in [-0.2, 0) is 6.54 Å². The van der Waals surface area contributed by atoms with Gasteiger partial charge in [-0.1, -0.05) is 19.0 Å². The predicted octanol–water partition coefficient (Wildman–Crippen LogP) is 2.34. The Bertz CT molecular complexity index is 501. The average molecular weight is 454 g/mol. The van der Waals surface area contributed by atoms with Crippen LogP contribution < -0.4 is 10.6 Å². The van der Waals surface area contributed by atoms with Crippen molar-refractivity contribution in [2.24, 2.45) is 4.99 Å². The number of aliphatic imine (C=N–C) groups is 1. The number of hydrogen-bond acceptors (Lipinski definition) is 5. The van der Waals surface area contributed by atoms with Crippen LogP contribution in [0.2, 0.25) is 0 Å². The highest BCUT2D eigenvalue weighted by Crippen LogP contribution is 2.26. The fraction of sp³-hybridized carbons (Fsp3) is 0.733. The zero-order valence-corrected chi connectivity index (χ0v) is 17.1. The second-order valence-electron chi connectivity index (χ2n) is 5.95. The average Bonchev–Trinajstić information content (AvgIpc) is 3.11. The smallest absolute Gasteiger partial charge is 0.191 e. The van der Waals surface area contributed by atoms with Crippen molar-refractivity contribution in [2.75, 3.05) is 24.6 Å². The molecule has 0 aromatic carbocycles. The van der Waals surface area contributed by atoms with Crippen molar-refractivity contribution < 1.29 is 9.63 Å². The topological polar surface area (TPSA) is 82.7 Å². The minimum absolute atomic E-state index is 0. The van der Waals surface area contributed by atoms with Gasteiger partial charge in [0.25, 0.3) is 0 Å². The maximum atomic E-state index is 10.4. The zero-order valence-electron chi connectivity index (χ0n) is 14.0. The summed E-state index contributed by atoms with van der Waals surface area (Å²) in [5, 5.41) is 20.8. The molecule has 132 valence electrons. The first-order valence-electron chi connectivity index (χ1n) is 7.80. The molecule has 0 radical (unpaired) electrons. The molecule has 8 heteroatoms. The Kier molecular flexibility index (Phi) is 8.70. The molecular formula is C15H27IN4O2S. The van der Waals surface area contributed by atoms with Gasteiger partial charge >= 0.3 is 0 Å². The Hall–Kier alpha value is -0.480. The van der Waals surface area contributed by atoms with Crippen molar-refractivity contribution in [1.82, 2.24) is 15.8 Å². The summed E-state index contributed by atoms with van der Waals surface area (Å²) in [6, 6.07) is 1.94. The fourth-order valence-electron chi connectivity index (χ4n) is 2.16. The van der Waals surface area contributed by atoms with Gasteiger partial charge in [-0.3, -0.25) is 0 Å². The molecule has 0 saturated carbocycles. The van der Waals surface area contributed by atoms with E-state index in [1.807, 2.05) is 13.0 Å². The Labute approximate surface area is 159 Å². The van der Waals surface area contributed by atoms with Crippen LogP contribution in [-0.4, -0.2) is 46.4 Å². The number of nitrogens with one attached hydrogen (secondary N) is 2. The van der Waals surface area contributed by atoms with Crippen LogP contribution >= 0.6 is 35.7 Å². The van der Waals surface area contributed by atoms with Crippen molar-refractivity contribution >= 4 is 41.7 Å². The molecule has 1 unspecified atom stereocenters. The standard InChI is InChI=1S/C15H26N4O2S.HI/c1-4-16-14(18-9-15(20)5-6-22-10-15)17-8-12-7-13(11(2)3)19-21-12;/h7,11,20H,4-6,8-10H2,1-3H3,(H2,16,17,18);1H. The van der Waals surface area contributed by atoms with E-state index in [1.54, 1.807) is 11.8 Å². The van der Waals surface area contributed by atoms with Crippen LogP contribution in [0.4, 0.5) is 0 Å². The van der Waals surface area contributed by atoms with Crippen molar-refractivity contribution in [3.05, 3.63) is 17.5 Å². The van der Waals surface area contributed by atoms with Crippen molar-refractivity contribution in [1.29, 1.82) is 0 Å². The predicted molar refractivity (Wildman–Crippen MR) is 106 cm³/mol. The lowest BCUT2D eigenvalue weighted by atomic mass is 10.0. The molecule has 1 aromatic heterocycles. The van der Waals surface area contributed by atoms with Crippen LogP contribution in [0.3, 0.4) is 0 Å².